The van der Waals surface area contributed by atoms with E-state index in [0.29, 0.717) is 5.02 Å². The molecule has 1 amide bonds. The molecule has 5 nitrogen and oxygen atoms in total. The van der Waals surface area contributed by atoms with Crippen molar-refractivity contribution < 1.29 is 9.53 Å². The van der Waals surface area contributed by atoms with Crippen LogP contribution in [0.3, 0.4) is 0 Å². The van der Waals surface area contributed by atoms with Crippen LogP contribution in [0.15, 0.2) is 53.6 Å². The Hall–Kier alpha value is -2.53. The molecular formula is C17H18ClN3O2. The number of anilines is 1. The summed E-state index contributed by atoms with van der Waals surface area (Å²) in [4.78, 5) is 12.0. The van der Waals surface area contributed by atoms with E-state index in [1.807, 2.05) is 42.5 Å². The maximum absolute atomic E-state index is 12.0. The Labute approximate surface area is 140 Å². The predicted octanol–water partition coefficient (Wildman–Crippen LogP) is 3.30. The Balaban J connectivity index is 1.88. The van der Waals surface area contributed by atoms with Gasteiger partial charge in [0.15, 0.2) is 0 Å². The molecule has 23 heavy (non-hydrogen) atoms. The molecule has 0 aliphatic carbocycles. The third-order valence-corrected chi connectivity index (χ3v) is 3.49. The molecule has 0 aliphatic rings. The van der Waals surface area contributed by atoms with Crippen LogP contribution in [-0.2, 0) is 4.79 Å². The van der Waals surface area contributed by atoms with Gasteiger partial charge in [-0.2, -0.15) is 5.10 Å². The first-order chi connectivity index (χ1) is 11.1. The summed E-state index contributed by atoms with van der Waals surface area (Å²) in [5, 5.41) is 7.59. The Bertz CT molecular complexity index is 686. The number of methoxy groups -OCH3 is 1. The zero-order valence-electron chi connectivity index (χ0n) is 12.9. The lowest BCUT2D eigenvalue weighted by Crippen LogP contribution is -2.34. The number of ether oxygens (including phenoxy) is 1. The van der Waals surface area contributed by atoms with Crippen LogP contribution in [0.1, 0.15) is 12.5 Å². The van der Waals surface area contributed by atoms with Gasteiger partial charge in [-0.3, -0.25) is 4.79 Å². The molecule has 2 aromatic carbocycles. The molecule has 0 aliphatic heterocycles. The van der Waals surface area contributed by atoms with Crippen LogP contribution in [0.25, 0.3) is 0 Å². The van der Waals surface area contributed by atoms with Crippen molar-refractivity contribution in [1.82, 2.24) is 5.43 Å². The monoisotopic (exact) mass is 331 g/mol. The minimum atomic E-state index is -0.438. The summed E-state index contributed by atoms with van der Waals surface area (Å²) in [6.45, 7) is 1.75. The van der Waals surface area contributed by atoms with Crippen LogP contribution in [0, 0.1) is 0 Å². The van der Waals surface area contributed by atoms with Crippen molar-refractivity contribution >= 4 is 29.4 Å². The first-order valence-corrected chi connectivity index (χ1v) is 7.46. The lowest BCUT2D eigenvalue weighted by molar-refractivity contribution is -0.121. The molecule has 0 heterocycles. The first-order valence-electron chi connectivity index (χ1n) is 7.08. The predicted molar refractivity (Wildman–Crippen MR) is 93.3 cm³/mol. The molecule has 1 unspecified atom stereocenters. The van der Waals surface area contributed by atoms with E-state index in [2.05, 4.69) is 15.8 Å². The molecular weight excluding hydrogens is 314 g/mol. The number of benzene rings is 2. The summed E-state index contributed by atoms with van der Waals surface area (Å²) in [6, 6.07) is 14.2. The fourth-order valence-electron chi connectivity index (χ4n) is 1.84. The minimum Gasteiger partial charge on any atom is -0.497 e. The van der Waals surface area contributed by atoms with Gasteiger partial charge in [-0.1, -0.05) is 29.8 Å². The normalized spacial score (nSPS) is 12.0. The molecule has 120 valence electrons. The largest absolute Gasteiger partial charge is 0.497 e. The standard InChI is InChI=1S/C17H18ClN3O2/c1-12(20-14-7-9-15(23-2)10-8-14)17(22)21-19-11-13-5-3-4-6-16(13)18/h3-12,20H,1-2H3,(H,21,22). The molecule has 0 bridgehead atoms. The van der Waals surface area contributed by atoms with Crippen molar-refractivity contribution in [2.45, 2.75) is 13.0 Å². The van der Waals surface area contributed by atoms with Gasteiger partial charge < -0.3 is 10.1 Å². The molecule has 0 fully saturated rings. The molecule has 2 rings (SSSR count). The van der Waals surface area contributed by atoms with Crippen molar-refractivity contribution in [3.05, 3.63) is 59.1 Å². The van der Waals surface area contributed by atoms with Gasteiger partial charge in [0, 0.05) is 16.3 Å². The maximum Gasteiger partial charge on any atom is 0.262 e. The van der Waals surface area contributed by atoms with Crippen LogP contribution in [0.4, 0.5) is 5.69 Å². The SMILES string of the molecule is COc1ccc(NC(C)C(=O)NN=Cc2ccccc2Cl)cc1. The average Bonchev–Trinajstić information content (AvgIpc) is 2.57. The molecule has 2 aromatic rings. The molecule has 0 spiro atoms. The van der Waals surface area contributed by atoms with E-state index in [-0.39, 0.29) is 5.91 Å². The van der Waals surface area contributed by atoms with Gasteiger partial charge in [-0.25, -0.2) is 5.43 Å². The highest BCUT2D eigenvalue weighted by atomic mass is 35.5. The van der Waals surface area contributed by atoms with Crippen molar-refractivity contribution in [2.24, 2.45) is 5.10 Å². The third-order valence-electron chi connectivity index (χ3n) is 3.15. The number of hydrazone groups is 1. The number of halogens is 1. The quantitative estimate of drug-likeness (QED) is 0.630. The van der Waals surface area contributed by atoms with Crippen LogP contribution in [-0.4, -0.2) is 25.3 Å². The van der Waals surface area contributed by atoms with Gasteiger partial charge in [0.25, 0.3) is 5.91 Å². The zero-order valence-corrected chi connectivity index (χ0v) is 13.7. The van der Waals surface area contributed by atoms with Gasteiger partial charge in [0.05, 0.1) is 13.3 Å². The fraction of sp³-hybridized carbons (Fsp3) is 0.176. The second-order valence-electron chi connectivity index (χ2n) is 4.85. The highest BCUT2D eigenvalue weighted by Crippen LogP contribution is 2.15. The second-order valence-corrected chi connectivity index (χ2v) is 5.26. The van der Waals surface area contributed by atoms with Crippen LogP contribution >= 0.6 is 11.6 Å². The van der Waals surface area contributed by atoms with Crippen LogP contribution in [0.2, 0.25) is 5.02 Å². The highest BCUT2D eigenvalue weighted by Gasteiger charge is 2.11. The third kappa shape index (κ3) is 5.00. The summed E-state index contributed by atoms with van der Waals surface area (Å²) in [5.41, 5.74) is 4.05. The number of rotatable bonds is 6. The number of nitrogens with zero attached hydrogens (tertiary/aromatic N) is 1. The van der Waals surface area contributed by atoms with E-state index >= 15 is 0 Å². The first kappa shape index (κ1) is 16.8. The van der Waals surface area contributed by atoms with Gasteiger partial charge in [0.2, 0.25) is 0 Å². The average molecular weight is 332 g/mol. The molecule has 0 radical (unpaired) electrons. The van der Waals surface area contributed by atoms with Crippen LogP contribution in [0.5, 0.6) is 5.75 Å². The molecule has 2 N–H and O–H groups in total. The van der Waals surface area contributed by atoms with E-state index in [1.54, 1.807) is 20.1 Å². The van der Waals surface area contributed by atoms with Crippen molar-refractivity contribution in [3.63, 3.8) is 0 Å². The highest BCUT2D eigenvalue weighted by molar-refractivity contribution is 6.33. The zero-order chi connectivity index (χ0) is 16.7. The Kier molecular flexibility index (Phi) is 6.00. The smallest absolute Gasteiger partial charge is 0.262 e. The minimum absolute atomic E-state index is 0.246. The lowest BCUT2D eigenvalue weighted by atomic mass is 10.2. The number of nitrogens with one attached hydrogen (secondary N) is 2. The van der Waals surface area contributed by atoms with Crippen molar-refractivity contribution in [1.29, 1.82) is 0 Å². The second kappa shape index (κ2) is 8.19. The van der Waals surface area contributed by atoms with E-state index in [0.717, 1.165) is 17.0 Å². The summed E-state index contributed by atoms with van der Waals surface area (Å²) < 4.78 is 5.09. The Morgan fingerprint density at radius 2 is 1.91 bits per heavy atom. The van der Waals surface area contributed by atoms with E-state index in [1.165, 1.54) is 6.21 Å². The van der Waals surface area contributed by atoms with Gasteiger partial charge in [0.1, 0.15) is 11.8 Å². The number of carbonyl (C=O) groups excluding carboxylic acids is 1. The number of hydrogen-bond acceptors (Lipinski definition) is 4. The molecule has 6 heteroatoms. The van der Waals surface area contributed by atoms with Gasteiger partial charge >= 0.3 is 0 Å². The maximum atomic E-state index is 12.0. The molecule has 0 saturated carbocycles. The topological polar surface area (TPSA) is 62.7 Å². The van der Waals surface area contributed by atoms with Crippen molar-refractivity contribution in [2.75, 3.05) is 12.4 Å². The summed E-state index contributed by atoms with van der Waals surface area (Å²) in [6.07, 6.45) is 1.51. The number of carbonyl (C=O) groups is 1. The van der Waals surface area contributed by atoms with E-state index in [4.69, 9.17) is 16.3 Å². The molecule has 0 aromatic heterocycles. The van der Waals surface area contributed by atoms with Crippen molar-refractivity contribution in [3.8, 4) is 5.75 Å². The van der Waals surface area contributed by atoms with E-state index in [9.17, 15) is 4.79 Å². The van der Waals surface area contributed by atoms with Crippen LogP contribution < -0.4 is 15.5 Å². The van der Waals surface area contributed by atoms with Gasteiger partial charge in [-0.15, -0.1) is 0 Å². The lowest BCUT2D eigenvalue weighted by Gasteiger charge is -2.13. The fourth-order valence-corrected chi connectivity index (χ4v) is 2.03. The summed E-state index contributed by atoms with van der Waals surface area (Å²) >= 11 is 6.01. The Morgan fingerprint density at radius 3 is 2.57 bits per heavy atom. The summed E-state index contributed by atoms with van der Waals surface area (Å²) in [5.74, 6) is 0.515. The van der Waals surface area contributed by atoms with Gasteiger partial charge in [-0.05, 0) is 37.3 Å². The Morgan fingerprint density at radius 1 is 1.22 bits per heavy atom. The summed E-state index contributed by atoms with van der Waals surface area (Å²) in [7, 11) is 1.61. The number of amides is 1. The van der Waals surface area contributed by atoms with E-state index < -0.39 is 6.04 Å². The molecule has 0 saturated heterocycles. The molecule has 1 atom stereocenters. The number of hydrogen-bond donors (Lipinski definition) is 2.